The Bertz CT molecular complexity index is 1120. The van der Waals surface area contributed by atoms with Gasteiger partial charge in [-0.05, 0) is 0 Å². The second kappa shape index (κ2) is 9.80. The maximum atomic E-state index is 3.34. The summed E-state index contributed by atoms with van der Waals surface area (Å²) in [4.78, 5) is 0. The van der Waals surface area contributed by atoms with Gasteiger partial charge in [-0.3, -0.25) is 0 Å². The van der Waals surface area contributed by atoms with E-state index in [2.05, 4.69) is 107 Å². The molecule has 0 saturated heterocycles. The van der Waals surface area contributed by atoms with Crippen LogP contribution in [0.5, 0.6) is 0 Å². The first-order valence-electron chi connectivity index (χ1n) is 10.0. The first kappa shape index (κ1) is 23.1. The van der Waals surface area contributed by atoms with Gasteiger partial charge >= 0.3 is 183 Å². The standard InChI is InChI=1S/2C12H11NP.2ClH.Ti/c2*1-2-4-11-8-12(7-10(11)3-1)14-6-5-13-9-14;;;/h2*1-9,13-14H;2*1H;/q;;;;+2/p-2. The molecule has 4 aliphatic rings. The molecule has 2 aromatic carbocycles. The van der Waals surface area contributed by atoms with Crippen LogP contribution in [-0.2, 0) is 19.2 Å². The molecule has 0 radical (unpaired) electrons. The minimum Gasteiger partial charge on any atom is -1.00 e. The molecule has 0 aromatic heterocycles. The van der Waals surface area contributed by atoms with Crippen LogP contribution in [0.4, 0.5) is 0 Å². The Balaban J connectivity index is 0.00000116. The van der Waals surface area contributed by atoms with Crippen molar-refractivity contribution in [3.8, 4) is 0 Å². The smallest absolute Gasteiger partial charge is 1.00 e. The predicted molar refractivity (Wildman–Crippen MR) is 128 cm³/mol. The molecule has 6 rings (SSSR count). The van der Waals surface area contributed by atoms with Gasteiger partial charge in [-0.2, -0.15) is 0 Å². The van der Waals surface area contributed by atoms with Crippen molar-refractivity contribution in [3.05, 3.63) is 105 Å². The van der Waals surface area contributed by atoms with E-state index < -0.39 is 15.1 Å². The molecule has 0 spiro atoms. The van der Waals surface area contributed by atoms with Crippen LogP contribution in [0.25, 0.3) is 12.2 Å². The number of benzene rings is 2. The molecule has 0 bridgehead atoms. The zero-order valence-corrected chi connectivity index (χ0v) is 21.7. The SMILES string of the molecule is C1=C[PH](C2=Cc3ccccc3[CH]2[Ti+2][CH]2C([PH]3=CNC=C3)=Cc3ccccc32)=CN1.[Cl-].[Cl-]. The fraction of sp³-hybridized carbons (Fsp3) is 0.0833. The third-order valence-corrected chi connectivity index (χ3v) is 14.1. The monoisotopic (exact) mass is 518 g/mol. The van der Waals surface area contributed by atoms with Gasteiger partial charge in [0, 0.05) is 0 Å². The van der Waals surface area contributed by atoms with Gasteiger partial charge in [-0.25, -0.2) is 0 Å². The van der Waals surface area contributed by atoms with Crippen molar-refractivity contribution in [2.75, 3.05) is 0 Å². The molecule has 2 aromatic rings. The second-order valence-electron chi connectivity index (χ2n) is 7.69. The van der Waals surface area contributed by atoms with Gasteiger partial charge in [-0.15, -0.1) is 0 Å². The van der Waals surface area contributed by atoms with E-state index in [1.54, 1.807) is 21.8 Å². The first-order chi connectivity index (χ1) is 14.4. The van der Waals surface area contributed by atoms with Crippen LogP contribution in [0.15, 0.2) is 83.2 Å². The average molecular weight is 519 g/mol. The number of hydrogen-bond acceptors (Lipinski definition) is 2. The van der Waals surface area contributed by atoms with Crippen molar-refractivity contribution in [1.29, 1.82) is 0 Å². The van der Waals surface area contributed by atoms with E-state index in [1.165, 1.54) is 11.1 Å². The molecule has 2 aliphatic carbocycles. The Morgan fingerprint density at radius 1 is 0.645 bits per heavy atom. The van der Waals surface area contributed by atoms with Gasteiger partial charge in [0.05, 0.1) is 0 Å². The van der Waals surface area contributed by atoms with Crippen molar-refractivity contribution in [3.63, 3.8) is 0 Å². The van der Waals surface area contributed by atoms with Crippen LogP contribution in [0, 0.1) is 0 Å². The Morgan fingerprint density at radius 3 is 1.52 bits per heavy atom. The summed E-state index contributed by atoms with van der Waals surface area (Å²) in [5.41, 5.74) is 6.03. The summed E-state index contributed by atoms with van der Waals surface area (Å²) in [6.45, 7) is 0. The van der Waals surface area contributed by atoms with Crippen LogP contribution in [0.2, 0.25) is 0 Å². The van der Waals surface area contributed by atoms with Crippen LogP contribution in [0.3, 0.4) is 0 Å². The van der Waals surface area contributed by atoms with Gasteiger partial charge in [0.1, 0.15) is 0 Å². The summed E-state index contributed by atoms with van der Waals surface area (Å²) in [6.07, 6.45) is 9.27. The summed E-state index contributed by atoms with van der Waals surface area (Å²) in [5, 5.41) is 10.1. The molecule has 2 aliphatic heterocycles. The molecule has 2 N–H and O–H groups in total. The van der Waals surface area contributed by atoms with E-state index in [1.807, 2.05) is 0 Å². The summed E-state index contributed by atoms with van der Waals surface area (Å²) >= 11 is -0.301. The molecule has 156 valence electrons. The van der Waals surface area contributed by atoms with Crippen LogP contribution < -0.4 is 35.4 Å². The third kappa shape index (κ3) is 4.16. The Morgan fingerprint density at radius 2 is 1.10 bits per heavy atom. The van der Waals surface area contributed by atoms with Gasteiger partial charge in [0.25, 0.3) is 0 Å². The molecule has 0 fully saturated rings. The van der Waals surface area contributed by atoms with E-state index in [4.69, 9.17) is 0 Å². The van der Waals surface area contributed by atoms with Crippen molar-refractivity contribution >= 4 is 39.1 Å². The Kier molecular flexibility index (Phi) is 7.29. The number of halogens is 2. The van der Waals surface area contributed by atoms with E-state index >= 15 is 0 Å². The van der Waals surface area contributed by atoms with Crippen LogP contribution in [-0.4, -0.2) is 11.8 Å². The van der Waals surface area contributed by atoms with Gasteiger partial charge in [0.15, 0.2) is 0 Å². The quantitative estimate of drug-likeness (QED) is 0.416. The maximum absolute atomic E-state index is 3.34. The van der Waals surface area contributed by atoms with Gasteiger partial charge < -0.3 is 24.8 Å². The number of fused-ring (bicyclic) bond motifs is 2. The zero-order chi connectivity index (χ0) is 19.2. The summed E-state index contributed by atoms with van der Waals surface area (Å²) in [7, 11) is -1.45. The van der Waals surface area contributed by atoms with Crippen molar-refractivity contribution in [1.82, 2.24) is 10.6 Å². The van der Waals surface area contributed by atoms with Crippen molar-refractivity contribution < 1.29 is 44.0 Å². The largest absolute Gasteiger partial charge is 1.00 e. The number of rotatable bonds is 4. The molecule has 31 heavy (non-hydrogen) atoms. The van der Waals surface area contributed by atoms with Crippen molar-refractivity contribution in [2.45, 2.75) is 8.45 Å². The van der Waals surface area contributed by atoms with Gasteiger partial charge in [0.2, 0.25) is 0 Å². The first-order valence-corrected chi connectivity index (χ1v) is 15.1. The summed E-state index contributed by atoms with van der Waals surface area (Å²) in [5.74, 6) is 9.49. The van der Waals surface area contributed by atoms with Crippen molar-refractivity contribution in [2.24, 2.45) is 0 Å². The molecule has 4 unspecified atom stereocenters. The number of allylic oxidation sites excluding steroid dienone is 2. The molecule has 2 heterocycles. The van der Waals surface area contributed by atoms with Crippen LogP contribution in [0.1, 0.15) is 30.7 Å². The molecule has 0 saturated carbocycles. The summed E-state index contributed by atoms with van der Waals surface area (Å²) in [6, 6.07) is 18.2. The van der Waals surface area contributed by atoms with Gasteiger partial charge in [-0.1, -0.05) is 0 Å². The zero-order valence-electron chi connectivity index (χ0n) is 16.6. The normalized spacial score (nSPS) is 25.9. The molecule has 0 amide bonds. The fourth-order valence-electron chi connectivity index (χ4n) is 4.68. The summed E-state index contributed by atoms with van der Waals surface area (Å²) < 4.78 is 1.25. The number of hydrogen-bond donors (Lipinski definition) is 2. The minimum atomic E-state index is -0.727. The van der Waals surface area contributed by atoms with E-state index in [-0.39, 0.29) is 44.0 Å². The average Bonchev–Trinajstić information content (AvgIpc) is 3.55. The number of nitrogens with one attached hydrogen (secondary N) is 2. The molecule has 2 nitrogen and oxygen atoms in total. The molecule has 7 heteroatoms. The molecular formula is C24H22Cl2N2P2Ti. The fourth-order valence-corrected chi connectivity index (χ4v) is 13.3. The topological polar surface area (TPSA) is 24.1 Å². The predicted octanol–water partition coefficient (Wildman–Crippen LogP) is -0.635. The maximum Gasteiger partial charge on any atom is -1.00 e. The minimum absolute atomic E-state index is 0. The Labute approximate surface area is 206 Å². The Hall–Kier alpha value is -1.11. The van der Waals surface area contributed by atoms with E-state index in [0.29, 0.717) is 8.45 Å². The third-order valence-electron chi connectivity index (χ3n) is 6.05. The van der Waals surface area contributed by atoms with E-state index in [0.717, 1.165) is 0 Å². The molecule has 4 atom stereocenters. The van der Waals surface area contributed by atoms with Crippen LogP contribution >= 0.6 is 15.1 Å². The molecular weight excluding hydrogens is 497 g/mol. The van der Waals surface area contributed by atoms with E-state index in [9.17, 15) is 0 Å². The second-order valence-corrected chi connectivity index (χ2v) is 14.2.